The third-order valence-electron chi connectivity index (χ3n) is 10.2. The second-order valence-corrected chi connectivity index (χ2v) is 16.8. The molecule has 1 N–H and O–H groups in total. The zero-order chi connectivity index (χ0) is 33.4. The number of halogens is 2. The summed E-state index contributed by atoms with van der Waals surface area (Å²) in [6.45, 7) is 8.97. The highest BCUT2D eigenvalue weighted by molar-refractivity contribution is 9.10. The van der Waals surface area contributed by atoms with Crippen LogP contribution in [0.1, 0.15) is 35.6 Å². The number of fused-ring (bicyclic) bond motifs is 2. The fraction of sp³-hybridized carbons (Fsp3) is 0.514. The normalized spacial score (nSPS) is 19.6. The predicted octanol–water partition coefficient (Wildman–Crippen LogP) is 4.81. The minimum Gasteiger partial charge on any atom is -0.390 e. The van der Waals surface area contributed by atoms with E-state index < -0.39 is 16.1 Å². The quantitative estimate of drug-likeness (QED) is 0.248. The number of likely N-dealkylation sites (tertiary alicyclic amines) is 1. The Balaban J connectivity index is 1.01. The molecule has 5 heterocycles. The first-order valence-electron chi connectivity index (χ1n) is 16.9. The summed E-state index contributed by atoms with van der Waals surface area (Å²) in [4.78, 5) is 4.83. The first-order chi connectivity index (χ1) is 23.1. The monoisotopic (exact) mass is 758 g/mol. The van der Waals surface area contributed by atoms with Gasteiger partial charge < -0.3 is 19.3 Å². The molecule has 0 spiro atoms. The number of morpholine rings is 1. The molecule has 2 aromatic heterocycles. The number of aromatic nitrogens is 3. The zero-order valence-corrected chi connectivity index (χ0v) is 30.6. The number of piperidine rings is 1. The van der Waals surface area contributed by atoms with E-state index in [-0.39, 0.29) is 0 Å². The maximum Gasteiger partial charge on any atom is 0.211 e. The molecule has 1 atom stereocenters. The second kappa shape index (κ2) is 14.5. The summed E-state index contributed by atoms with van der Waals surface area (Å²) in [6.07, 6.45) is 5.64. The van der Waals surface area contributed by atoms with Crippen molar-refractivity contribution in [1.29, 1.82) is 0 Å². The Morgan fingerprint density at radius 2 is 1.75 bits per heavy atom. The Hall–Kier alpha value is -2.29. The van der Waals surface area contributed by atoms with Crippen LogP contribution in [0.2, 0.25) is 5.02 Å². The molecule has 0 amide bonds. The lowest BCUT2D eigenvalue weighted by molar-refractivity contribution is 0.0365. The van der Waals surface area contributed by atoms with Crippen LogP contribution in [0.15, 0.2) is 53.1 Å². The summed E-state index contributed by atoms with van der Waals surface area (Å²) in [5.74, 6) is 0.455. The molecule has 3 aliphatic heterocycles. The molecule has 7 rings (SSSR count). The van der Waals surface area contributed by atoms with E-state index in [4.69, 9.17) is 21.4 Å². The SMILES string of the molecule is CS(=O)(=O)N1CCc2c(c(-c3ccc(Br)cc3)nn2CC(O)CN2CCC(c3cn(CCN4CCOCC4)c4cc(Cl)ccc34)CC2)C1. The van der Waals surface area contributed by atoms with Crippen molar-refractivity contribution in [1.82, 2.24) is 28.5 Å². The van der Waals surface area contributed by atoms with Crippen LogP contribution < -0.4 is 0 Å². The molecular weight excluding hydrogens is 716 g/mol. The number of β-amino-alcohol motifs (C(OH)–C–C–N with tert-alkyl or cyclic N) is 1. The zero-order valence-electron chi connectivity index (χ0n) is 27.4. The van der Waals surface area contributed by atoms with Gasteiger partial charge in [0.05, 0.1) is 37.8 Å². The van der Waals surface area contributed by atoms with E-state index in [1.807, 2.05) is 35.0 Å². The lowest BCUT2D eigenvalue weighted by atomic mass is 9.89. The summed E-state index contributed by atoms with van der Waals surface area (Å²) < 4.78 is 37.1. The first kappa shape index (κ1) is 34.2. The van der Waals surface area contributed by atoms with Crippen LogP contribution in [-0.2, 0) is 40.8 Å². The van der Waals surface area contributed by atoms with E-state index in [1.165, 1.54) is 27.0 Å². The average Bonchev–Trinajstić information content (AvgIpc) is 3.62. The first-order valence-corrected chi connectivity index (χ1v) is 19.9. The Morgan fingerprint density at radius 3 is 2.48 bits per heavy atom. The number of sulfonamides is 1. The van der Waals surface area contributed by atoms with Gasteiger partial charge in [-0.05, 0) is 61.7 Å². The number of hydrogen-bond acceptors (Lipinski definition) is 7. The molecule has 13 heteroatoms. The van der Waals surface area contributed by atoms with Gasteiger partial charge in [-0.25, -0.2) is 8.42 Å². The van der Waals surface area contributed by atoms with Crippen LogP contribution >= 0.6 is 27.5 Å². The molecule has 258 valence electrons. The lowest BCUT2D eigenvalue weighted by Crippen LogP contribution is -2.40. The van der Waals surface area contributed by atoms with Gasteiger partial charge in [-0.2, -0.15) is 9.40 Å². The van der Waals surface area contributed by atoms with Crippen LogP contribution in [0.25, 0.3) is 22.2 Å². The van der Waals surface area contributed by atoms with Gasteiger partial charge in [0.15, 0.2) is 0 Å². The van der Waals surface area contributed by atoms with E-state index >= 15 is 0 Å². The number of nitrogens with zero attached hydrogens (tertiary/aromatic N) is 6. The molecule has 48 heavy (non-hydrogen) atoms. The highest BCUT2D eigenvalue weighted by atomic mass is 79.9. The maximum absolute atomic E-state index is 12.4. The molecule has 4 aromatic rings. The van der Waals surface area contributed by atoms with Crippen molar-refractivity contribution in [3.8, 4) is 11.3 Å². The van der Waals surface area contributed by atoms with Crippen molar-refractivity contribution < 1.29 is 18.3 Å². The van der Waals surface area contributed by atoms with Gasteiger partial charge in [0.25, 0.3) is 0 Å². The molecule has 2 aromatic carbocycles. The number of rotatable bonds is 10. The van der Waals surface area contributed by atoms with Crippen molar-refractivity contribution in [3.63, 3.8) is 0 Å². The Kier molecular flexibility index (Phi) is 10.3. The van der Waals surface area contributed by atoms with E-state index in [1.54, 1.807) is 0 Å². The van der Waals surface area contributed by atoms with Crippen molar-refractivity contribution in [3.05, 3.63) is 75.0 Å². The fourth-order valence-corrected chi connectivity index (χ4v) is 8.82. The third-order valence-corrected chi connectivity index (χ3v) is 12.2. The molecule has 0 radical (unpaired) electrons. The summed E-state index contributed by atoms with van der Waals surface area (Å²) in [5, 5.41) is 18.3. The van der Waals surface area contributed by atoms with Crippen molar-refractivity contribution in [2.75, 3.05) is 65.3 Å². The highest BCUT2D eigenvalue weighted by Crippen LogP contribution is 2.36. The summed E-state index contributed by atoms with van der Waals surface area (Å²) in [6, 6.07) is 14.2. The second-order valence-electron chi connectivity index (χ2n) is 13.4. The Morgan fingerprint density at radius 1 is 1.00 bits per heavy atom. The molecule has 2 fully saturated rings. The molecular formula is C35H44BrClN6O4S. The van der Waals surface area contributed by atoms with Gasteiger partial charge in [-0.3, -0.25) is 9.58 Å². The fourth-order valence-electron chi connectivity index (χ4n) is 7.60. The van der Waals surface area contributed by atoms with Crippen LogP contribution in [0.3, 0.4) is 0 Å². The maximum atomic E-state index is 12.4. The topological polar surface area (TPSA) is 96.1 Å². The van der Waals surface area contributed by atoms with Gasteiger partial charge in [-0.15, -0.1) is 0 Å². The minimum atomic E-state index is -3.33. The van der Waals surface area contributed by atoms with Crippen molar-refractivity contribution in [2.45, 2.75) is 50.9 Å². The number of aliphatic hydroxyl groups excluding tert-OH is 1. The van der Waals surface area contributed by atoms with Gasteiger partial charge in [0.1, 0.15) is 0 Å². The predicted molar refractivity (Wildman–Crippen MR) is 193 cm³/mol. The molecule has 2 saturated heterocycles. The lowest BCUT2D eigenvalue weighted by Gasteiger charge is -2.33. The standard InChI is InChI=1S/C35H44BrClN6O4S/c1-48(45,46)42-13-10-33-32(24-42)35(26-2-4-27(36)5-3-26)38-43(33)22-29(44)21-40-11-8-25(9-12-40)31-23-41(15-14-39-16-18-47-19-17-39)34-20-28(37)6-7-30(31)34/h2-7,20,23,25,29,44H,8-19,21-22,24H2,1H3. The summed E-state index contributed by atoms with van der Waals surface area (Å²) in [5.41, 5.74) is 6.25. The molecule has 0 bridgehead atoms. The minimum absolute atomic E-state index is 0.291. The van der Waals surface area contributed by atoms with Crippen LogP contribution in [0.5, 0.6) is 0 Å². The average molecular weight is 760 g/mol. The molecule has 0 aliphatic carbocycles. The van der Waals surface area contributed by atoms with Gasteiger partial charge >= 0.3 is 0 Å². The van der Waals surface area contributed by atoms with Gasteiger partial charge in [0.2, 0.25) is 10.0 Å². The summed E-state index contributed by atoms with van der Waals surface area (Å²) in [7, 11) is -3.33. The number of aliphatic hydroxyl groups is 1. The van der Waals surface area contributed by atoms with Crippen LogP contribution in [0, 0.1) is 0 Å². The van der Waals surface area contributed by atoms with Crippen molar-refractivity contribution in [2.24, 2.45) is 0 Å². The Labute approximate surface area is 296 Å². The van der Waals surface area contributed by atoms with E-state index in [9.17, 15) is 13.5 Å². The van der Waals surface area contributed by atoms with Crippen LogP contribution in [-0.4, -0.2) is 113 Å². The number of benzene rings is 2. The Bertz CT molecular complexity index is 1850. The highest BCUT2D eigenvalue weighted by Gasteiger charge is 2.31. The van der Waals surface area contributed by atoms with Crippen molar-refractivity contribution >= 4 is 48.5 Å². The van der Waals surface area contributed by atoms with E-state index in [2.05, 4.69) is 48.6 Å². The van der Waals surface area contributed by atoms with Gasteiger partial charge in [0, 0.05) is 95.7 Å². The smallest absolute Gasteiger partial charge is 0.211 e. The summed E-state index contributed by atoms with van der Waals surface area (Å²) >= 11 is 9.96. The molecule has 1 unspecified atom stereocenters. The van der Waals surface area contributed by atoms with E-state index in [0.717, 1.165) is 97.3 Å². The van der Waals surface area contributed by atoms with Crippen LogP contribution in [0.4, 0.5) is 0 Å². The largest absolute Gasteiger partial charge is 0.390 e. The molecule has 0 saturated carbocycles. The third kappa shape index (κ3) is 7.56. The number of hydrogen-bond donors (Lipinski definition) is 1. The number of ether oxygens (including phenoxy) is 1. The van der Waals surface area contributed by atoms with Gasteiger partial charge in [-0.1, -0.05) is 45.7 Å². The molecule has 10 nitrogen and oxygen atoms in total. The molecule has 3 aliphatic rings. The van der Waals surface area contributed by atoms with E-state index in [0.29, 0.717) is 38.5 Å².